The molecule has 8 nitrogen and oxygen atoms in total. The monoisotopic (exact) mass is 653 g/mol. The highest BCUT2D eigenvalue weighted by atomic mass is 16.5. The van der Waals surface area contributed by atoms with E-state index >= 15 is 0 Å². The highest BCUT2D eigenvalue weighted by Gasteiger charge is 2.17. The molecule has 0 aliphatic heterocycles. The van der Waals surface area contributed by atoms with Crippen molar-refractivity contribution in [3.05, 3.63) is 102 Å². The molecule has 0 aromatic heterocycles. The molecule has 0 aliphatic carbocycles. The third kappa shape index (κ3) is 11.5. The first-order valence-electron chi connectivity index (χ1n) is 17.0. The minimum atomic E-state index is -0.507. The molecule has 0 amide bonds. The van der Waals surface area contributed by atoms with Gasteiger partial charge in [0.15, 0.2) is 0 Å². The van der Waals surface area contributed by atoms with E-state index in [2.05, 4.69) is 6.92 Å². The van der Waals surface area contributed by atoms with E-state index in [-0.39, 0.29) is 0 Å². The molecule has 0 spiro atoms. The first kappa shape index (κ1) is 36.0. The molecular formula is C40H47NO7. The first-order chi connectivity index (χ1) is 23.5. The van der Waals surface area contributed by atoms with Gasteiger partial charge < -0.3 is 29.4 Å². The molecule has 0 saturated heterocycles. The highest BCUT2D eigenvalue weighted by molar-refractivity contribution is 5.94. The van der Waals surface area contributed by atoms with Gasteiger partial charge in [-0.25, -0.2) is 9.59 Å². The van der Waals surface area contributed by atoms with Gasteiger partial charge in [-0.3, -0.25) is 0 Å². The van der Waals surface area contributed by atoms with Gasteiger partial charge in [0.2, 0.25) is 0 Å². The Bertz CT molecular complexity index is 1550. The van der Waals surface area contributed by atoms with Crippen LogP contribution in [-0.2, 0) is 0 Å². The zero-order valence-corrected chi connectivity index (χ0v) is 28.1. The summed E-state index contributed by atoms with van der Waals surface area (Å²) in [7, 11) is 0. The van der Waals surface area contributed by atoms with E-state index < -0.39 is 11.9 Å². The van der Waals surface area contributed by atoms with Crippen LogP contribution in [0.25, 0.3) is 11.1 Å². The summed E-state index contributed by atoms with van der Waals surface area (Å²) < 4.78 is 28.8. The fraction of sp³-hybridized carbons (Fsp3) is 0.350. The molecule has 0 bridgehead atoms. The topological polar surface area (TPSA) is 106 Å². The fourth-order valence-electron chi connectivity index (χ4n) is 4.87. The van der Waals surface area contributed by atoms with Crippen LogP contribution in [-0.4, -0.2) is 38.3 Å². The van der Waals surface area contributed by atoms with E-state index in [9.17, 15) is 9.59 Å². The Labute approximate surface area is 284 Å². The summed E-state index contributed by atoms with van der Waals surface area (Å²) in [5.41, 5.74) is 8.21. The van der Waals surface area contributed by atoms with E-state index in [1.54, 1.807) is 66.7 Å². The summed E-state index contributed by atoms with van der Waals surface area (Å²) in [5, 5.41) is 0. The number of esters is 2. The number of hydrogen-bond acceptors (Lipinski definition) is 8. The SMILES string of the molecule is CCCCCOc1ccc(C(=O)Oc2ccc(-c3ccc(OC(=O)c4ccc(OCCC)cc4)cc3)cc2)c(OCCCCCCN)c1. The standard InChI is InChI=1S/C40H47NO7/c1-3-5-9-27-45-36-23-24-37(38(29-36)46-28-10-7-6-8-25-41)40(43)48-35-21-13-31(14-22-35)30-11-19-34(20-12-30)47-39(42)32-15-17-33(18-16-32)44-26-4-2/h11-24,29H,3-10,25-28,41H2,1-2H3. The smallest absolute Gasteiger partial charge is 0.347 e. The van der Waals surface area contributed by atoms with Gasteiger partial charge in [0.05, 0.1) is 25.4 Å². The molecule has 0 saturated carbocycles. The maximum atomic E-state index is 13.3. The molecule has 4 aromatic rings. The number of ether oxygens (including phenoxy) is 5. The molecule has 0 aliphatic rings. The Morgan fingerprint density at radius 2 is 1.06 bits per heavy atom. The van der Waals surface area contributed by atoms with E-state index in [0.717, 1.165) is 68.2 Å². The summed E-state index contributed by atoms with van der Waals surface area (Å²) in [5.74, 6) is 1.73. The van der Waals surface area contributed by atoms with Gasteiger partial charge >= 0.3 is 11.9 Å². The van der Waals surface area contributed by atoms with Gasteiger partial charge in [0, 0.05) is 6.07 Å². The van der Waals surface area contributed by atoms with Crippen molar-refractivity contribution in [2.45, 2.75) is 65.2 Å². The summed E-state index contributed by atoms with van der Waals surface area (Å²) in [6.07, 6.45) is 8.01. The third-order valence-electron chi connectivity index (χ3n) is 7.57. The average Bonchev–Trinajstić information content (AvgIpc) is 3.11. The second-order valence-corrected chi connectivity index (χ2v) is 11.5. The van der Waals surface area contributed by atoms with Crippen LogP contribution >= 0.6 is 0 Å². The largest absolute Gasteiger partial charge is 0.494 e. The molecule has 2 N–H and O–H groups in total. The number of unbranched alkanes of at least 4 members (excludes halogenated alkanes) is 5. The van der Waals surface area contributed by atoms with Crippen LogP contribution in [0.5, 0.6) is 28.7 Å². The Balaban J connectivity index is 1.35. The number of carbonyl (C=O) groups excluding carboxylic acids is 2. The molecule has 0 fully saturated rings. The zero-order chi connectivity index (χ0) is 34.0. The van der Waals surface area contributed by atoms with Crippen LogP contribution in [0, 0.1) is 0 Å². The number of rotatable bonds is 20. The Kier molecular flexibility index (Phi) is 14.8. The van der Waals surface area contributed by atoms with Crippen molar-refractivity contribution in [3.63, 3.8) is 0 Å². The fourth-order valence-corrected chi connectivity index (χ4v) is 4.87. The van der Waals surface area contributed by atoms with Crippen molar-refractivity contribution in [3.8, 4) is 39.9 Å². The molecule has 4 rings (SSSR count). The molecule has 8 heteroatoms. The van der Waals surface area contributed by atoms with Crippen LogP contribution in [0.3, 0.4) is 0 Å². The van der Waals surface area contributed by atoms with Crippen LogP contribution in [0.2, 0.25) is 0 Å². The van der Waals surface area contributed by atoms with Gasteiger partial charge in [0.1, 0.15) is 34.3 Å². The number of nitrogens with two attached hydrogens (primary N) is 1. The summed E-state index contributed by atoms with van der Waals surface area (Å²) >= 11 is 0. The zero-order valence-electron chi connectivity index (χ0n) is 28.1. The minimum Gasteiger partial charge on any atom is -0.494 e. The van der Waals surface area contributed by atoms with E-state index in [4.69, 9.17) is 29.4 Å². The second kappa shape index (κ2) is 19.8. The Morgan fingerprint density at radius 3 is 1.69 bits per heavy atom. The van der Waals surface area contributed by atoms with Crippen LogP contribution in [0.1, 0.15) is 85.9 Å². The Morgan fingerprint density at radius 1 is 0.521 bits per heavy atom. The predicted molar refractivity (Wildman–Crippen MR) is 189 cm³/mol. The molecule has 254 valence electrons. The predicted octanol–water partition coefficient (Wildman–Crippen LogP) is 9.05. The lowest BCUT2D eigenvalue weighted by atomic mass is 10.1. The number of carbonyl (C=O) groups is 2. The first-order valence-corrected chi connectivity index (χ1v) is 17.0. The number of hydrogen-bond donors (Lipinski definition) is 1. The normalized spacial score (nSPS) is 10.7. The van der Waals surface area contributed by atoms with E-state index in [0.29, 0.717) is 60.5 Å². The molecule has 48 heavy (non-hydrogen) atoms. The van der Waals surface area contributed by atoms with Crippen molar-refractivity contribution >= 4 is 11.9 Å². The highest BCUT2D eigenvalue weighted by Crippen LogP contribution is 2.29. The van der Waals surface area contributed by atoms with Gasteiger partial charge in [-0.05, 0) is 104 Å². The Hall–Kier alpha value is -4.82. The van der Waals surface area contributed by atoms with Crippen molar-refractivity contribution < 1.29 is 33.3 Å². The van der Waals surface area contributed by atoms with Gasteiger partial charge in [-0.1, -0.05) is 63.8 Å². The minimum absolute atomic E-state index is 0.341. The van der Waals surface area contributed by atoms with Crippen molar-refractivity contribution in [1.82, 2.24) is 0 Å². The third-order valence-corrected chi connectivity index (χ3v) is 7.57. The quantitative estimate of drug-likeness (QED) is 0.0572. The van der Waals surface area contributed by atoms with Crippen molar-refractivity contribution in [2.75, 3.05) is 26.4 Å². The molecule has 4 aromatic carbocycles. The average molecular weight is 654 g/mol. The maximum Gasteiger partial charge on any atom is 0.347 e. The summed E-state index contributed by atoms with van der Waals surface area (Å²) in [6.45, 7) is 6.60. The van der Waals surface area contributed by atoms with E-state index in [1.807, 2.05) is 31.2 Å². The van der Waals surface area contributed by atoms with Crippen LogP contribution < -0.4 is 29.4 Å². The molecule has 0 atom stereocenters. The van der Waals surface area contributed by atoms with Crippen LogP contribution in [0.15, 0.2) is 91.0 Å². The lowest BCUT2D eigenvalue weighted by molar-refractivity contribution is 0.0722. The van der Waals surface area contributed by atoms with E-state index in [1.165, 1.54) is 0 Å². The molecule has 0 heterocycles. The van der Waals surface area contributed by atoms with Crippen LogP contribution in [0.4, 0.5) is 0 Å². The van der Waals surface area contributed by atoms with Gasteiger partial charge in [0.25, 0.3) is 0 Å². The lowest BCUT2D eigenvalue weighted by Gasteiger charge is -2.14. The molecule has 0 radical (unpaired) electrons. The van der Waals surface area contributed by atoms with Gasteiger partial charge in [-0.2, -0.15) is 0 Å². The molecular weight excluding hydrogens is 606 g/mol. The summed E-state index contributed by atoms with van der Waals surface area (Å²) in [6, 6.07) is 26.6. The van der Waals surface area contributed by atoms with Crippen molar-refractivity contribution in [1.29, 1.82) is 0 Å². The van der Waals surface area contributed by atoms with Gasteiger partial charge in [-0.15, -0.1) is 0 Å². The summed E-state index contributed by atoms with van der Waals surface area (Å²) in [4.78, 5) is 25.9. The second-order valence-electron chi connectivity index (χ2n) is 11.5. The maximum absolute atomic E-state index is 13.3. The van der Waals surface area contributed by atoms with Crippen molar-refractivity contribution in [2.24, 2.45) is 5.73 Å². The lowest BCUT2D eigenvalue weighted by Crippen LogP contribution is -2.12. The molecule has 0 unspecified atom stereocenters. The number of benzene rings is 4.